The highest BCUT2D eigenvalue weighted by atomic mass is 79.9. The fraction of sp³-hybridized carbons (Fsp3) is 0.667. The molecule has 0 unspecified atom stereocenters. The lowest BCUT2D eigenvalue weighted by atomic mass is 10.0. The molecule has 0 aliphatic heterocycles. The highest BCUT2D eigenvalue weighted by molar-refractivity contribution is 9.10. The molecule has 4 nitrogen and oxygen atoms in total. The SMILES string of the molecule is CCCNc1ncnc(NC(C)(C)CC)c1Br. The Morgan fingerprint density at radius 2 is 1.88 bits per heavy atom. The van der Waals surface area contributed by atoms with Crippen molar-refractivity contribution in [1.82, 2.24) is 9.97 Å². The first-order chi connectivity index (χ1) is 8.00. The smallest absolute Gasteiger partial charge is 0.146 e. The maximum absolute atomic E-state index is 4.27. The van der Waals surface area contributed by atoms with Crippen molar-refractivity contribution >= 4 is 27.6 Å². The normalized spacial score (nSPS) is 11.4. The molecule has 0 bridgehead atoms. The number of hydrogen-bond donors (Lipinski definition) is 2. The maximum atomic E-state index is 4.27. The molecule has 17 heavy (non-hydrogen) atoms. The average molecular weight is 301 g/mol. The highest BCUT2D eigenvalue weighted by Crippen LogP contribution is 2.29. The van der Waals surface area contributed by atoms with E-state index in [1.165, 1.54) is 0 Å². The summed E-state index contributed by atoms with van der Waals surface area (Å²) in [6.07, 6.45) is 3.68. The van der Waals surface area contributed by atoms with E-state index in [4.69, 9.17) is 0 Å². The molecular weight excluding hydrogens is 280 g/mol. The van der Waals surface area contributed by atoms with Gasteiger partial charge < -0.3 is 10.6 Å². The summed E-state index contributed by atoms with van der Waals surface area (Å²) in [5, 5.41) is 6.68. The second-order valence-electron chi connectivity index (χ2n) is 4.67. The fourth-order valence-corrected chi connectivity index (χ4v) is 1.68. The molecule has 0 saturated heterocycles. The van der Waals surface area contributed by atoms with Crippen molar-refractivity contribution in [2.75, 3.05) is 17.2 Å². The number of nitrogens with one attached hydrogen (secondary N) is 2. The summed E-state index contributed by atoms with van der Waals surface area (Å²) in [6.45, 7) is 9.49. The van der Waals surface area contributed by atoms with Crippen molar-refractivity contribution in [3.63, 3.8) is 0 Å². The van der Waals surface area contributed by atoms with Gasteiger partial charge in [-0.3, -0.25) is 0 Å². The zero-order valence-corrected chi connectivity index (χ0v) is 12.6. The number of nitrogens with zero attached hydrogens (tertiary/aromatic N) is 2. The van der Waals surface area contributed by atoms with Crippen LogP contribution < -0.4 is 10.6 Å². The Hall–Kier alpha value is -0.840. The molecule has 1 aromatic rings. The van der Waals surface area contributed by atoms with Gasteiger partial charge in [-0.1, -0.05) is 13.8 Å². The van der Waals surface area contributed by atoms with Crippen LogP contribution in [0, 0.1) is 0 Å². The molecule has 1 rings (SSSR count). The Balaban J connectivity index is 2.86. The largest absolute Gasteiger partial charge is 0.369 e. The lowest BCUT2D eigenvalue weighted by Crippen LogP contribution is -2.30. The van der Waals surface area contributed by atoms with Crippen molar-refractivity contribution in [3.8, 4) is 0 Å². The van der Waals surface area contributed by atoms with Gasteiger partial charge in [-0.25, -0.2) is 9.97 Å². The van der Waals surface area contributed by atoms with Crippen molar-refractivity contribution < 1.29 is 0 Å². The molecule has 1 aromatic heterocycles. The van der Waals surface area contributed by atoms with Crippen LogP contribution in [0.3, 0.4) is 0 Å². The molecule has 0 fully saturated rings. The zero-order valence-electron chi connectivity index (χ0n) is 11.0. The first-order valence-electron chi connectivity index (χ1n) is 6.02. The van der Waals surface area contributed by atoms with Crippen LogP contribution in [-0.2, 0) is 0 Å². The van der Waals surface area contributed by atoms with Crippen LogP contribution in [-0.4, -0.2) is 22.1 Å². The molecule has 96 valence electrons. The molecule has 5 heteroatoms. The average Bonchev–Trinajstić information content (AvgIpc) is 2.30. The van der Waals surface area contributed by atoms with Gasteiger partial charge in [0.15, 0.2) is 0 Å². The van der Waals surface area contributed by atoms with E-state index in [-0.39, 0.29) is 5.54 Å². The quantitative estimate of drug-likeness (QED) is 0.842. The van der Waals surface area contributed by atoms with Gasteiger partial charge in [0.25, 0.3) is 0 Å². The van der Waals surface area contributed by atoms with Crippen LogP contribution in [0.1, 0.15) is 40.5 Å². The number of rotatable bonds is 6. The molecule has 0 aliphatic rings. The third kappa shape index (κ3) is 4.15. The summed E-state index contributed by atoms with van der Waals surface area (Å²) in [4.78, 5) is 8.49. The molecule has 1 heterocycles. The van der Waals surface area contributed by atoms with E-state index < -0.39 is 0 Å². The Bertz CT molecular complexity index is 366. The maximum Gasteiger partial charge on any atom is 0.146 e. The second kappa shape index (κ2) is 6.19. The monoisotopic (exact) mass is 300 g/mol. The Morgan fingerprint density at radius 1 is 1.24 bits per heavy atom. The van der Waals surface area contributed by atoms with E-state index in [1.54, 1.807) is 6.33 Å². The van der Waals surface area contributed by atoms with E-state index in [9.17, 15) is 0 Å². The van der Waals surface area contributed by atoms with E-state index in [0.717, 1.165) is 35.5 Å². The van der Waals surface area contributed by atoms with Crippen LogP contribution in [0.25, 0.3) is 0 Å². The third-order valence-electron chi connectivity index (χ3n) is 2.67. The minimum absolute atomic E-state index is 0.0267. The number of aromatic nitrogens is 2. The van der Waals surface area contributed by atoms with Crippen molar-refractivity contribution in [3.05, 3.63) is 10.8 Å². The molecule has 0 aromatic carbocycles. The van der Waals surface area contributed by atoms with E-state index in [1.807, 2.05) is 0 Å². The van der Waals surface area contributed by atoms with E-state index in [0.29, 0.717) is 0 Å². The van der Waals surface area contributed by atoms with Crippen LogP contribution in [0.2, 0.25) is 0 Å². The molecule has 2 N–H and O–H groups in total. The summed E-state index contributed by atoms with van der Waals surface area (Å²) >= 11 is 3.54. The van der Waals surface area contributed by atoms with Crippen LogP contribution >= 0.6 is 15.9 Å². The molecule has 0 atom stereocenters. The Kier molecular flexibility index (Phi) is 5.18. The summed E-state index contributed by atoms with van der Waals surface area (Å²) in [7, 11) is 0. The summed E-state index contributed by atoms with van der Waals surface area (Å²) < 4.78 is 0.898. The molecule has 0 spiro atoms. The van der Waals surface area contributed by atoms with Gasteiger partial charge in [-0.15, -0.1) is 0 Å². The van der Waals surface area contributed by atoms with Crippen LogP contribution in [0.15, 0.2) is 10.8 Å². The second-order valence-corrected chi connectivity index (χ2v) is 5.47. The first kappa shape index (κ1) is 14.2. The minimum atomic E-state index is 0.0267. The number of hydrogen-bond acceptors (Lipinski definition) is 4. The van der Waals surface area contributed by atoms with Gasteiger partial charge in [0.1, 0.15) is 22.4 Å². The Morgan fingerprint density at radius 3 is 2.47 bits per heavy atom. The standard InChI is InChI=1S/C12H21BrN4/c1-5-7-14-10-9(13)11(16-8-15-10)17-12(3,4)6-2/h8H,5-7H2,1-4H3,(H2,14,15,16,17). The van der Waals surface area contributed by atoms with Crippen LogP contribution in [0.4, 0.5) is 11.6 Å². The predicted octanol–water partition coefficient (Wildman–Crippen LogP) is 3.66. The molecule has 0 saturated carbocycles. The molecule has 0 aliphatic carbocycles. The lowest BCUT2D eigenvalue weighted by Gasteiger charge is -2.26. The van der Waals surface area contributed by atoms with E-state index >= 15 is 0 Å². The van der Waals surface area contributed by atoms with Gasteiger partial charge in [0.05, 0.1) is 0 Å². The van der Waals surface area contributed by atoms with Crippen molar-refractivity contribution in [2.24, 2.45) is 0 Å². The van der Waals surface area contributed by atoms with Gasteiger partial charge in [-0.2, -0.15) is 0 Å². The van der Waals surface area contributed by atoms with E-state index in [2.05, 4.69) is 64.2 Å². The fourth-order valence-electron chi connectivity index (χ4n) is 1.23. The summed E-state index contributed by atoms with van der Waals surface area (Å²) in [5.41, 5.74) is 0.0267. The van der Waals surface area contributed by atoms with Crippen LogP contribution in [0.5, 0.6) is 0 Å². The Labute approximate surface area is 112 Å². The minimum Gasteiger partial charge on any atom is -0.369 e. The third-order valence-corrected chi connectivity index (χ3v) is 3.42. The number of halogens is 1. The summed E-state index contributed by atoms with van der Waals surface area (Å²) in [5.74, 6) is 1.68. The number of anilines is 2. The molecule has 0 amide bonds. The topological polar surface area (TPSA) is 49.8 Å². The zero-order chi connectivity index (χ0) is 12.9. The van der Waals surface area contributed by atoms with Gasteiger partial charge in [-0.05, 0) is 42.6 Å². The predicted molar refractivity (Wildman–Crippen MR) is 76.5 cm³/mol. The van der Waals surface area contributed by atoms with Crippen molar-refractivity contribution in [1.29, 1.82) is 0 Å². The molecular formula is C12H21BrN4. The summed E-state index contributed by atoms with van der Waals surface area (Å²) in [6, 6.07) is 0. The van der Waals surface area contributed by atoms with Gasteiger partial charge in [0.2, 0.25) is 0 Å². The lowest BCUT2D eigenvalue weighted by molar-refractivity contribution is 0.544. The van der Waals surface area contributed by atoms with Gasteiger partial charge >= 0.3 is 0 Å². The highest BCUT2D eigenvalue weighted by Gasteiger charge is 2.18. The first-order valence-corrected chi connectivity index (χ1v) is 6.82. The molecule has 0 radical (unpaired) electrons. The van der Waals surface area contributed by atoms with Crippen molar-refractivity contribution in [2.45, 2.75) is 46.1 Å². The van der Waals surface area contributed by atoms with Gasteiger partial charge in [0, 0.05) is 12.1 Å².